The molecule has 4 saturated carbocycles. The quantitative estimate of drug-likeness (QED) is 0.797. The highest BCUT2D eigenvalue weighted by Gasteiger charge is 2.51. The normalized spacial score (nSPS) is 31.4. The Kier molecular flexibility index (Phi) is 4.59. The van der Waals surface area contributed by atoms with E-state index in [1.54, 1.807) is 0 Å². The summed E-state index contributed by atoms with van der Waals surface area (Å²) in [6, 6.07) is 2.14. The minimum Gasteiger partial charge on any atom is -0.452 e. The Balaban J connectivity index is 1.36. The van der Waals surface area contributed by atoms with E-state index in [4.69, 9.17) is 4.74 Å². The zero-order chi connectivity index (χ0) is 19.3. The van der Waals surface area contributed by atoms with Gasteiger partial charge in [-0.2, -0.15) is 0 Å². The molecule has 5 heteroatoms. The van der Waals surface area contributed by atoms with Crippen molar-refractivity contribution in [1.82, 2.24) is 9.88 Å². The molecule has 148 valence electrons. The molecule has 1 heterocycles. The van der Waals surface area contributed by atoms with Gasteiger partial charge in [-0.1, -0.05) is 0 Å². The third-order valence-corrected chi connectivity index (χ3v) is 7.00. The van der Waals surface area contributed by atoms with E-state index in [0.29, 0.717) is 5.56 Å². The monoisotopic (exact) mass is 372 g/mol. The van der Waals surface area contributed by atoms with Crippen LogP contribution in [-0.4, -0.2) is 28.6 Å². The third-order valence-electron chi connectivity index (χ3n) is 7.00. The van der Waals surface area contributed by atoms with E-state index in [-0.39, 0.29) is 24.1 Å². The second kappa shape index (κ2) is 6.68. The molecular weight excluding hydrogens is 340 g/mol. The molecule has 0 aromatic carbocycles. The van der Waals surface area contributed by atoms with Gasteiger partial charge >= 0.3 is 5.97 Å². The molecule has 1 aromatic rings. The molecule has 4 aliphatic carbocycles. The van der Waals surface area contributed by atoms with Gasteiger partial charge in [-0.3, -0.25) is 4.79 Å². The van der Waals surface area contributed by atoms with Gasteiger partial charge < -0.3 is 14.6 Å². The first kappa shape index (κ1) is 18.6. The molecule has 1 amide bonds. The van der Waals surface area contributed by atoms with Crippen LogP contribution in [0.5, 0.6) is 0 Å². The minimum atomic E-state index is -0.407. The molecule has 27 heavy (non-hydrogen) atoms. The van der Waals surface area contributed by atoms with E-state index in [1.807, 2.05) is 19.9 Å². The molecule has 0 aliphatic heterocycles. The number of aromatic nitrogens is 1. The van der Waals surface area contributed by atoms with Gasteiger partial charge in [0.1, 0.15) is 0 Å². The highest BCUT2D eigenvalue weighted by atomic mass is 16.5. The van der Waals surface area contributed by atoms with Gasteiger partial charge in [0, 0.05) is 23.0 Å². The van der Waals surface area contributed by atoms with E-state index in [1.165, 1.54) is 19.3 Å². The summed E-state index contributed by atoms with van der Waals surface area (Å²) in [5.74, 6) is 1.78. The Morgan fingerprint density at radius 2 is 1.70 bits per heavy atom. The Bertz CT molecular complexity index is 727. The van der Waals surface area contributed by atoms with Gasteiger partial charge in [0.05, 0.1) is 5.56 Å². The summed E-state index contributed by atoms with van der Waals surface area (Å²) in [5, 5.41) is 3.26. The summed E-state index contributed by atoms with van der Waals surface area (Å²) < 4.78 is 7.49. The van der Waals surface area contributed by atoms with Crippen LogP contribution in [0.25, 0.3) is 0 Å². The fraction of sp³-hybridized carbons (Fsp3) is 0.727. The molecule has 0 atom stereocenters. The molecule has 0 unspecified atom stereocenters. The number of hydrogen-bond acceptors (Lipinski definition) is 3. The van der Waals surface area contributed by atoms with Crippen LogP contribution in [0.15, 0.2) is 6.07 Å². The molecule has 4 aliphatic rings. The van der Waals surface area contributed by atoms with Crippen LogP contribution in [-0.2, 0) is 9.53 Å². The lowest BCUT2D eigenvalue weighted by molar-refractivity contribution is -0.130. The maximum atomic E-state index is 12.5. The van der Waals surface area contributed by atoms with Crippen molar-refractivity contribution < 1.29 is 14.3 Å². The second-order valence-corrected chi connectivity index (χ2v) is 9.57. The maximum absolute atomic E-state index is 12.5. The summed E-state index contributed by atoms with van der Waals surface area (Å²) >= 11 is 0. The van der Waals surface area contributed by atoms with Crippen molar-refractivity contribution >= 4 is 11.9 Å². The predicted octanol–water partition coefficient (Wildman–Crippen LogP) is 3.93. The first-order valence-electron chi connectivity index (χ1n) is 10.4. The van der Waals surface area contributed by atoms with Crippen molar-refractivity contribution in [3.8, 4) is 0 Å². The van der Waals surface area contributed by atoms with Gasteiger partial charge in [0.2, 0.25) is 0 Å². The standard InChI is InChI=1S/C22H32N2O3/c1-13(2)24-14(3)5-19(15(24)4)21(26)27-12-20(25)23-22-9-16-6-17(10-22)8-18(7-16)11-22/h5,13,16-18H,6-12H2,1-4H3,(H,23,25). The van der Waals surface area contributed by atoms with Crippen LogP contribution in [0.4, 0.5) is 0 Å². The topological polar surface area (TPSA) is 60.3 Å². The van der Waals surface area contributed by atoms with E-state index < -0.39 is 5.97 Å². The van der Waals surface area contributed by atoms with Crippen molar-refractivity contribution in [2.45, 2.75) is 77.8 Å². The fourth-order valence-corrected chi connectivity index (χ4v) is 6.58. The average Bonchev–Trinajstić information content (AvgIpc) is 2.85. The largest absolute Gasteiger partial charge is 0.452 e. The number of nitrogens with zero attached hydrogens (tertiary/aromatic N) is 1. The molecular formula is C22H32N2O3. The number of nitrogens with one attached hydrogen (secondary N) is 1. The predicted molar refractivity (Wildman–Crippen MR) is 104 cm³/mol. The summed E-state index contributed by atoms with van der Waals surface area (Å²) in [6.45, 7) is 7.91. The van der Waals surface area contributed by atoms with E-state index in [2.05, 4.69) is 23.7 Å². The summed E-state index contributed by atoms with van der Waals surface area (Å²) in [6.07, 6.45) is 7.34. The molecule has 1 aromatic heterocycles. The molecule has 5 rings (SSSR count). The SMILES string of the molecule is Cc1cc(C(=O)OCC(=O)NC23CC4CC(CC(C4)C2)C3)c(C)n1C(C)C. The first-order valence-corrected chi connectivity index (χ1v) is 10.4. The summed E-state index contributed by atoms with van der Waals surface area (Å²) in [7, 11) is 0. The molecule has 0 spiro atoms. The molecule has 4 bridgehead atoms. The number of carbonyl (C=O) groups is 2. The maximum Gasteiger partial charge on any atom is 0.340 e. The van der Waals surface area contributed by atoms with E-state index >= 15 is 0 Å². The molecule has 1 N–H and O–H groups in total. The fourth-order valence-electron chi connectivity index (χ4n) is 6.58. The van der Waals surface area contributed by atoms with Crippen molar-refractivity contribution in [2.75, 3.05) is 6.61 Å². The highest BCUT2D eigenvalue weighted by molar-refractivity contribution is 5.92. The van der Waals surface area contributed by atoms with Crippen LogP contribution >= 0.6 is 0 Å². The lowest BCUT2D eigenvalue weighted by Gasteiger charge is -2.56. The first-order chi connectivity index (χ1) is 12.8. The number of rotatable bonds is 5. The zero-order valence-corrected chi connectivity index (χ0v) is 17.0. The van der Waals surface area contributed by atoms with E-state index in [9.17, 15) is 9.59 Å². The Hall–Kier alpha value is -1.78. The number of esters is 1. The summed E-state index contributed by atoms with van der Waals surface area (Å²) in [4.78, 5) is 25.0. The van der Waals surface area contributed by atoms with E-state index in [0.717, 1.165) is 48.4 Å². The van der Waals surface area contributed by atoms with Gasteiger partial charge in [-0.15, -0.1) is 0 Å². The number of amides is 1. The lowest BCUT2D eigenvalue weighted by atomic mass is 9.53. The smallest absolute Gasteiger partial charge is 0.340 e. The van der Waals surface area contributed by atoms with Crippen molar-refractivity contribution in [2.24, 2.45) is 17.8 Å². The van der Waals surface area contributed by atoms with Crippen LogP contribution in [0.3, 0.4) is 0 Å². The molecule has 4 fully saturated rings. The third kappa shape index (κ3) is 3.41. The van der Waals surface area contributed by atoms with Gasteiger partial charge in [-0.05, 0) is 90.0 Å². The minimum absolute atomic E-state index is 0.0360. The zero-order valence-electron chi connectivity index (χ0n) is 17.0. The van der Waals surface area contributed by atoms with Crippen LogP contribution < -0.4 is 5.32 Å². The van der Waals surface area contributed by atoms with Crippen molar-refractivity contribution in [1.29, 1.82) is 0 Å². The van der Waals surface area contributed by atoms with Crippen LogP contribution in [0.2, 0.25) is 0 Å². The van der Waals surface area contributed by atoms with Gasteiger partial charge in [-0.25, -0.2) is 4.79 Å². The number of aryl methyl sites for hydroxylation is 1. The Morgan fingerprint density at radius 3 is 2.19 bits per heavy atom. The molecule has 0 saturated heterocycles. The van der Waals surface area contributed by atoms with Gasteiger partial charge in [0.25, 0.3) is 5.91 Å². The number of ether oxygens (including phenoxy) is 1. The average molecular weight is 373 g/mol. The van der Waals surface area contributed by atoms with Crippen molar-refractivity contribution in [3.63, 3.8) is 0 Å². The van der Waals surface area contributed by atoms with Crippen molar-refractivity contribution in [3.05, 3.63) is 23.0 Å². The Labute approximate surface area is 161 Å². The molecule has 0 radical (unpaired) electrons. The Morgan fingerprint density at radius 1 is 1.15 bits per heavy atom. The summed E-state index contributed by atoms with van der Waals surface area (Å²) in [5.41, 5.74) is 2.45. The van der Waals surface area contributed by atoms with Gasteiger partial charge in [0.15, 0.2) is 6.61 Å². The van der Waals surface area contributed by atoms with Crippen LogP contribution in [0.1, 0.15) is 80.2 Å². The molecule has 5 nitrogen and oxygen atoms in total. The number of hydrogen-bond donors (Lipinski definition) is 1. The highest BCUT2D eigenvalue weighted by Crippen LogP contribution is 2.55. The second-order valence-electron chi connectivity index (χ2n) is 9.57. The number of carbonyl (C=O) groups excluding carboxylic acids is 2. The van der Waals surface area contributed by atoms with Crippen LogP contribution in [0, 0.1) is 31.6 Å². The lowest BCUT2D eigenvalue weighted by Crippen LogP contribution is -2.60.